The summed E-state index contributed by atoms with van der Waals surface area (Å²) in [6, 6.07) is 2.02. The molecule has 0 amide bonds. The van der Waals surface area contributed by atoms with Crippen LogP contribution >= 0.6 is 0 Å². The van der Waals surface area contributed by atoms with E-state index in [4.69, 9.17) is 14.9 Å². The minimum atomic E-state index is 0.385. The minimum Gasteiger partial charge on any atom is -0.464 e. The van der Waals surface area contributed by atoms with Gasteiger partial charge in [-0.3, -0.25) is 0 Å². The van der Waals surface area contributed by atoms with E-state index >= 15 is 0 Å². The van der Waals surface area contributed by atoms with Crippen molar-refractivity contribution in [3.05, 3.63) is 23.2 Å². The summed E-state index contributed by atoms with van der Waals surface area (Å²) < 4.78 is 11.6. The van der Waals surface area contributed by atoms with Crippen molar-refractivity contribution in [2.24, 2.45) is 17.6 Å². The van der Waals surface area contributed by atoms with Crippen molar-refractivity contribution in [2.75, 3.05) is 0 Å². The molecule has 3 nitrogen and oxygen atoms in total. The Kier molecular flexibility index (Phi) is 4.46. The molecule has 0 bridgehead atoms. The van der Waals surface area contributed by atoms with Crippen LogP contribution in [-0.4, -0.2) is 6.10 Å². The standard InChI is InChI=1S/C15H25NO2/c1-10-4-11(2)6-14(5-10)17-9-15-7-13(8-16)12(3)18-15/h7,10-11,14H,4-6,8-9,16H2,1-3H3. The molecule has 102 valence electrons. The first-order valence-electron chi connectivity index (χ1n) is 6.98. The van der Waals surface area contributed by atoms with E-state index in [-0.39, 0.29) is 0 Å². The third-order valence-corrected chi connectivity index (χ3v) is 3.89. The van der Waals surface area contributed by atoms with Crippen LogP contribution in [0.15, 0.2) is 10.5 Å². The summed E-state index contributed by atoms with van der Waals surface area (Å²) in [5, 5.41) is 0. The Hall–Kier alpha value is -0.800. The normalized spacial score (nSPS) is 28.6. The van der Waals surface area contributed by atoms with E-state index in [0.29, 0.717) is 19.3 Å². The molecule has 0 aliphatic heterocycles. The number of furan rings is 1. The maximum Gasteiger partial charge on any atom is 0.130 e. The van der Waals surface area contributed by atoms with Crippen LogP contribution in [0.4, 0.5) is 0 Å². The summed E-state index contributed by atoms with van der Waals surface area (Å²) >= 11 is 0. The van der Waals surface area contributed by atoms with Crippen molar-refractivity contribution in [2.45, 2.75) is 59.3 Å². The first-order chi connectivity index (χ1) is 8.58. The second-order valence-corrected chi connectivity index (χ2v) is 5.85. The number of hydrogen-bond donors (Lipinski definition) is 1. The van der Waals surface area contributed by atoms with Crippen LogP contribution in [0.3, 0.4) is 0 Å². The zero-order valence-electron chi connectivity index (χ0n) is 11.7. The van der Waals surface area contributed by atoms with Gasteiger partial charge in [-0.1, -0.05) is 13.8 Å². The van der Waals surface area contributed by atoms with E-state index in [1.165, 1.54) is 19.3 Å². The monoisotopic (exact) mass is 251 g/mol. The Morgan fingerprint density at radius 1 is 1.28 bits per heavy atom. The quantitative estimate of drug-likeness (QED) is 0.892. The minimum absolute atomic E-state index is 0.385. The van der Waals surface area contributed by atoms with Gasteiger partial charge in [0.1, 0.15) is 18.1 Å². The van der Waals surface area contributed by atoms with Crippen LogP contribution in [0.25, 0.3) is 0 Å². The Morgan fingerprint density at radius 3 is 2.50 bits per heavy atom. The van der Waals surface area contributed by atoms with Crippen LogP contribution in [0.2, 0.25) is 0 Å². The summed E-state index contributed by atoms with van der Waals surface area (Å²) in [4.78, 5) is 0. The highest BCUT2D eigenvalue weighted by molar-refractivity contribution is 5.19. The van der Waals surface area contributed by atoms with E-state index in [1.54, 1.807) is 0 Å². The average Bonchev–Trinajstić information content (AvgIpc) is 2.66. The second-order valence-electron chi connectivity index (χ2n) is 5.85. The molecule has 2 unspecified atom stereocenters. The maximum atomic E-state index is 5.99. The van der Waals surface area contributed by atoms with Crippen molar-refractivity contribution in [3.63, 3.8) is 0 Å². The molecule has 1 aliphatic rings. The molecule has 1 heterocycles. The lowest BCUT2D eigenvalue weighted by atomic mass is 9.82. The van der Waals surface area contributed by atoms with Crippen LogP contribution in [-0.2, 0) is 17.9 Å². The van der Waals surface area contributed by atoms with E-state index in [2.05, 4.69) is 13.8 Å². The lowest BCUT2D eigenvalue weighted by Gasteiger charge is -2.31. The van der Waals surface area contributed by atoms with Gasteiger partial charge in [-0.15, -0.1) is 0 Å². The van der Waals surface area contributed by atoms with Crippen LogP contribution in [0, 0.1) is 18.8 Å². The largest absolute Gasteiger partial charge is 0.464 e. The predicted octanol–water partition coefficient (Wildman–Crippen LogP) is 3.39. The number of ether oxygens (including phenoxy) is 1. The summed E-state index contributed by atoms with van der Waals surface area (Å²) in [5.74, 6) is 3.37. The smallest absolute Gasteiger partial charge is 0.130 e. The zero-order valence-corrected chi connectivity index (χ0v) is 11.7. The summed E-state index contributed by atoms with van der Waals surface area (Å²) in [6.45, 7) is 7.69. The van der Waals surface area contributed by atoms with E-state index < -0.39 is 0 Å². The molecule has 1 fully saturated rings. The van der Waals surface area contributed by atoms with Gasteiger partial charge in [-0.2, -0.15) is 0 Å². The predicted molar refractivity (Wildman–Crippen MR) is 72.1 cm³/mol. The lowest BCUT2D eigenvalue weighted by Crippen LogP contribution is -2.26. The van der Waals surface area contributed by atoms with Gasteiger partial charge in [0.25, 0.3) is 0 Å². The molecule has 1 aliphatic carbocycles. The molecule has 1 aromatic rings. The molecule has 18 heavy (non-hydrogen) atoms. The molecule has 0 spiro atoms. The maximum absolute atomic E-state index is 5.99. The highest BCUT2D eigenvalue weighted by Crippen LogP contribution is 2.31. The Bertz CT molecular complexity index is 376. The highest BCUT2D eigenvalue weighted by atomic mass is 16.5. The van der Waals surface area contributed by atoms with Gasteiger partial charge in [0, 0.05) is 12.1 Å². The zero-order chi connectivity index (χ0) is 13.1. The van der Waals surface area contributed by atoms with Gasteiger partial charge < -0.3 is 14.9 Å². The summed E-state index contributed by atoms with van der Waals surface area (Å²) in [5.41, 5.74) is 6.72. The third-order valence-electron chi connectivity index (χ3n) is 3.89. The highest BCUT2D eigenvalue weighted by Gasteiger charge is 2.24. The summed E-state index contributed by atoms with van der Waals surface area (Å²) in [6.07, 6.45) is 4.06. The third kappa shape index (κ3) is 3.36. The fourth-order valence-corrected chi connectivity index (χ4v) is 3.07. The molecule has 2 N–H and O–H groups in total. The second kappa shape index (κ2) is 5.89. The Labute approximate surface area is 110 Å². The van der Waals surface area contributed by atoms with Crippen molar-refractivity contribution in [1.82, 2.24) is 0 Å². The SMILES string of the molecule is Cc1oc(COC2CC(C)CC(C)C2)cc1CN. The van der Waals surface area contributed by atoms with Crippen molar-refractivity contribution in [3.8, 4) is 0 Å². The Balaban J connectivity index is 1.86. The lowest BCUT2D eigenvalue weighted by molar-refractivity contribution is -0.0158. The van der Waals surface area contributed by atoms with E-state index in [0.717, 1.165) is 28.9 Å². The van der Waals surface area contributed by atoms with Gasteiger partial charge in [-0.25, -0.2) is 0 Å². The number of rotatable bonds is 4. The molecule has 0 aromatic carbocycles. The fraction of sp³-hybridized carbons (Fsp3) is 0.733. The number of nitrogens with two attached hydrogens (primary N) is 1. The number of aryl methyl sites for hydroxylation is 1. The summed E-state index contributed by atoms with van der Waals surface area (Å²) in [7, 11) is 0. The van der Waals surface area contributed by atoms with Gasteiger partial charge in [0.05, 0.1) is 6.10 Å². The van der Waals surface area contributed by atoms with Gasteiger partial charge in [0.15, 0.2) is 0 Å². The van der Waals surface area contributed by atoms with Crippen LogP contribution < -0.4 is 5.73 Å². The van der Waals surface area contributed by atoms with Crippen molar-refractivity contribution >= 4 is 0 Å². The van der Waals surface area contributed by atoms with Crippen LogP contribution in [0.1, 0.15) is 50.2 Å². The molecular formula is C15H25NO2. The molecule has 1 saturated carbocycles. The topological polar surface area (TPSA) is 48.4 Å². The molecule has 2 atom stereocenters. The van der Waals surface area contributed by atoms with Gasteiger partial charge >= 0.3 is 0 Å². The Morgan fingerprint density at radius 2 is 1.94 bits per heavy atom. The molecule has 0 saturated heterocycles. The fourth-order valence-electron chi connectivity index (χ4n) is 3.07. The first-order valence-corrected chi connectivity index (χ1v) is 6.98. The number of hydrogen-bond acceptors (Lipinski definition) is 3. The molecular weight excluding hydrogens is 226 g/mol. The van der Waals surface area contributed by atoms with Crippen LogP contribution in [0.5, 0.6) is 0 Å². The average molecular weight is 251 g/mol. The molecule has 2 rings (SSSR count). The van der Waals surface area contributed by atoms with E-state index in [1.807, 2.05) is 13.0 Å². The van der Waals surface area contributed by atoms with Crippen molar-refractivity contribution in [1.29, 1.82) is 0 Å². The van der Waals surface area contributed by atoms with Gasteiger partial charge in [-0.05, 0) is 44.1 Å². The molecule has 3 heteroatoms. The first kappa shape index (κ1) is 13.6. The van der Waals surface area contributed by atoms with Gasteiger partial charge in [0.2, 0.25) is 0 Å². The molecule has 1 aromatic heterocycles. The van der Waals surface area contributed by atoms with Crippen molar-refractivity contribution < 1.29 is 9.15 Å². The van der Waals surface area contributed by atoms with E-state index in [9.17, 15) is 0 Å². The molecule has 0 radical (unpaired) electrons.